The van der Waals surface area contributed by atoms with Crippen molar-refractivity contribution in [3.63, 3.8) is 0 Å². The molecule has 0 saturated heterocycles. The van der Waals surface area contributed by atoms with Gasteiger partial charge in [-0.25, -0.2) is 9.48 Å². The van der Waals surface area contributed by atoms with Gasteiger partial charge < -0.3 is 16.2 Å². The van der Waals surface area contributed by atoms with Gasteiger partial charge in [0, 0.05) is 0 Å². The van der Waals surface area contributed by atoms with Gasteiger partial charge >= 0.3 is 6.09 Å². The van der Waals surface area contributed by atoms with E-state index in [0.29, 0.717) is 0 Å². The van der Waals surface area contributed by atoms with E-state index in [2.05, 4.69) is 22.0 Å². The topological polar surface area (TPSA) is 109 Å². The number of nitrogens with two attached hydrogens (primary N) is 2. The first kappa shape index (κ1) is 14.3. The number of anilines is 1. The number of carbonyl (C=O) groups is 1. The molecule has 1 heterocycles. The molecule has 0 aliphatic rings. The number of nitrogens with zero attached hydrogens (tertiary/aromatic N) is 3. The average molecular weight is 255 g/mol. The van der Waals surface area contributed by atoms with Crippen LogP contribution in [-0.2, 0) is 0 Å². The van der Waals surface area contributed by atoms with E-state index in [0.717, 1.165) is 12.8 Å². The molecular formula is C11H21N5O2. The predicted molar refractivity (Wildman–Crippen MR) is 68.1 cm³/mol. The third-order valence-corrected chi connectivity index (χ3v) is 2.79. The van der Waals surface area contributed by atoms with Gasteiger partial charge in [0.2, 0.25) is 0 Å². The van der Waals surface area contributed by atoms with Crippen LogP contribution in [0.4, 0.5) is 10.6 Å². The maximum atomic E-state index is 10.6. The van der Waals surface area contributed by atoms with Crippen molar-refractivity contribution >= 4 is 11.9 Å². The number of hydrogen-bond donors (Lipinski definition) is 2. The molecule has 1 amide bonds. The van der Waals surface area contributed by atoms with Crippen molar-refractivity contribution in [2.24, 2.45) is 5.73 Å². The van der Waals surface area contributed by atoms with Gasteiger partial charge in [-0.2, -0.15) is 0 Å². The van der Waals surface area contributed by atoms with Crippen molar-refractivity contribution in [3.05, 3.63) is 0 Å². The highest BCUT2D eigenvalue weighted by Gasteiger charge is 2.16. The Morgan fingerprint density at radius 2 is 2.17 bits per heavy atom. The lowest BCUT2D eigenvalue weighted by Gasteiger charge is -2.12. The van der Waals surface area contributed by atoms with Gasteiger partial charge in [0.1, 0.15) is 0 Å². The van der Waals surface area contributed by atoms with E-state index >= 15 is 0 Å². The molecule has 0 spiro atoms. The molecule has 0 fully saturated rings. The van der Waals surface area contributed by atoms with Gasteiger partial charge in [-0.15, -0.1) is 0 Å². The summed E-state index contributed by atoms with van der Waals surface area (Å²) in [5, 5.41) is 7.56. The van der Waals surface area contributed by atoms with Crippen LogP contribution in [0.25, 0.3) is 0 Å². The molecule has 1 aromatic heterocycles. The summed E-state index contributed by atoms with van der Waals surface area (Å²) < 4.78 is 6.20. The van der Waals surface area contributed by atoms with Crippen molar-refractivity contribution in [1.82, 2.24) is 15.0 Å². The minimum absolute atomic E-state index is 0.0251. The lowest BCUT2D eigenvalue weighted by molar-refractivity contribution is 0.209. The first-order chi connectivity index (χ1) is 8.56. The first-order valence-corrected chi connectivity index (χ1v) is 6.24. The zero-order chi connectivity index (χ0) is 13.5. The fourth-order valence-electron chi connectivity index (χ4n) is 1.77. The molecule has 0 saturated carbocycles. The number of unbranched alkanes of at least 4 members (excludes halogenated alkanes) is 3. The van der Waals surface area contributed by atoms with E-state index in [1.54, 1.807) is 4.68 Å². The summed E-state index contributed by atoms with van der Waals surface area (Å²) in [6.45, 7) is 4.18. The van der Waals surface area contributed by atoms with Crippen molar-refractivity contribution < 1.29 is 9.53 Å². The maximum Gasteiger partial charge on any atom is 0.411 e. The van der Waals surface area contributed by atoms with Crippen molar-refractivity contribution in [2.75, 3.05) is 5.73 Å². The normalized spacial score (nSPS) is 12.3. The smallest absolute Gasteiger partial charge is 0.386 e. The summed E-state index contributed by atoms with van der Waals surface area (Å²) in [5.74, 6) is 0.208. The highest BCUT2D eigenvalue weighted by molar-refractivity contribution is 5.69. The van der Waals surface area contributed by atoms with E-state index in [1.165, 1.54) is 19.3 Å². The van der Waals surface area contributed by atoms with Crippen molar-refractivity contribution in [3.8, 4) is 5.88 Å². The van der Waals surface area contributed by atoms with Crippen LogP contribution >= 0.6 is 0 Å². The van der Waals surface area contributed by atoms with E-state index in [1.807, 2.05) is 6.92 Å². The number of hydrogen-bond acceptors (Lipinski definition) is 5. The molecule has 1 aromatic rings. The van der Waals surface area contributed by atoms with Crippen LogP contribution in [-0.4, -0.2) is 21.1 Å². The molecule has 0 aliphatic heterocycles. The summed E-state index contributed by atoms with van der Waals surface area (Å²) in [6.07, 6.45) is 4.76. The fourth-order valence-corrected chi connectivity index (χ4v) is 1.77. The molecule has 1 rings (SSSR count). The van der Waals surface area contributed by atoms with Crippen LogP contribution in [0.15, 0.2) is 0 Å². The lowest BCUT2D eigenvalue weighted by Crippen LogP contribution is -2.17. The molecule has 102 valence electrons. The van der Waals surface area contributed by atoms with E-state index in [-0.39, 0.29) is 17.7 Å². The Morgan fingerprint density at radius 1 is 1.44 bits per heavy atom. The molecule has 0 radical (unpaired) electrons. The second kappa shape index (κ2) is 6.83. The molecule has 0 aliphatic carbocycles. The van der Waals surface area contributed by atoms with E-state index < -0.39 is 6.09 Å². The Bertz CT molecular complexity index is 391. The molecule has 4 N–H and O–H groups in total. The molecule has 0 aromatic carbocycles. The lowest BCUT2D eigenvalue weighted by atomic mass is 10.1. The number of rotatable bonds is 7. The summed E-state index contributed by atoms with van der Waals surface area (Å²) in [5.41, 5.74) is 10.7. The molecule has 1 unspecified atom stereocenters. The molecular weight excluding hydrogens is 234 g/mol. The fraction of sp³-hybridized carbons (Fsp3) is 0.727. The summed E-state index contributed by atoms with van der Waals surface area (Å²) in [6, 6.07) is 0.125. The molecule has 1 atom stereocenters. The molecule has 18 heavy (non-hydrogen) atoms. The summed E-state index contributed by atoms with van der Waals surface area (Å²) in [4.78, 5) is 10.6. The Kier molecular flexibility index (Phi) is 5.41. The van der Waals surface area contributed by atoms with Gasteiger partial charge in [-0.3, -0.25) is 0 Å². The Hall–Kier alpha value is -1.79. The average Bonchev–Trinajstić information content (AvgIpc) is 2.66. The van der Waals surface area contributed by atoms with Crippen LogP contribution < -0.4 is 16.2 Å². The number of aromatic nitrogens is 3. The van der Waals surface area contributed by atoms with Crippen LogP contribution in [0.5, 0.6) is 5.88 Å². The quantitative estimate of drug-likeness (QED) is 0.722. The maximum absolute atomic E-state index is 10.6. The van der Waals surface area contributed by atoms with Gasteiger partial charge in [-0.1, -0.05) is 42.9 Å². The van der Waals surface area contributed by atoms with Crippen LogP contribution in [0.1, 0.15) is 52.0 Å². The third kappa shape index (κ3) is 3.90. The summed E-state index contributed by atoms with van der Waals surface area (Å²) >= 11 is 0. The standard InChI is InChI=1S/C11H21N5O2/c1-3-4-5-6-7-8(2)16-9(12)10(14-15-16)18-11(13)17/h8H,3-7,12H2,1-2H3,(H2,13,17). The Labute approximate surface area is 106 Å². The number of primary amides is 1. The SMILES string of the molecule is CCCCCCC(C)n1nnc(OC(N)=O)c1N. The number of ether oxygens (including phenoxy) is 1. The first-order valence-electron chi connectivity index (χ1n) is 6.24. The second-order valence-electron chi connectivity index (χ2n) is 4.34. The Morgan fingerprint density at radius 3 is 2.78 bits per heavy atom. The van der Waals surface area contributed by atoms with Crippen LogP contribution in [0, 0.1) is 0 Å². The highest BCUT2D eigenvalue weighted by atomic mass is 16.6. The largest absolute Gasteiger partial charge is 0.411 e. The Balaban J connectivity index is 2.55. The molecule has 7 heteroatoms. The number of nitrogen functional groups attached to an aromatic ring is 1. The molecule has 7 nitrogen and oxygen atoms in total. The predicted octanol–water partition coefficient (Wildman–Crippen LogP) is 1.85. The minimum Gasteiger partial charge on any atom is -0.386 e. The second-order valence-corrected chi connectivity index (χ2v) is 4.34. The van der Waals surface area contributed by atoms with E-state index in [4.69, 9.17) is 11.5 Å². The van der Waals surface area contributed by atoms with Gasteiger partial charge in [0.25, 0.3) is 5.88 Å². The minimum atomic E-state index is -0.940. The molecule has 0 bridgehead atoms. The van der Waals surface area contributed by atoms with Gasteiger partial charge in [0.15, 0.2) is 5.82 Å². The van der Waals surface area contributed by atoms with E-state index in [9.17, 15) is 4.79 Å². The van der Waals surface area contributed by atoms with Crippen molar-refractivity contribution in [2.45, 2.75) is 52.0 Å². The van der Waals surface area contributed by atoms with Gasteiger partial charge in [0.05, 0.1) is 6.04 Å². The number of amides is 1. The monoisotopic (exact) mass is 255 g/mol. The summed E-state index contributed by atoms with van der Waals surface area (Å²) in [7, 11) is 0. The van der Waals surface area contributed by atoms with Crippen LogP contribution in [0.3, 0.4) is 0 Å². The third-order valence-electron chi connectivity index (χ3n) is 2.79. The number of carbonyl (C=O) groups excluding carboxylic acids is 1. The van der Waals surface area contributed by atoms with Crippen LogP contribution in [0.2, 0.25) is 0 Å². The zero-order valence-corrected chi connectivity index (χ0v) is 10.9. The highest BCUT2D eigenvalue weighted by Crippen LogP contribution is 2.23. The zero-order valence-electron chi connectivity index (χ0n) is 10.9. The van der Waals surface area contributed by atoms with Gasteiger partial charge in [-0.05, 0) is 13.3 Å². The van der Waals surface area contributed by atoms with Crippen molar-refractivity contribution in [1.29, 1.82) is 0 Å².